The number of ether oxygens (including phenoxy) is 2. The van der Waals surface area contributed by atoms with Crippen LogP contribution in [0.5, 0.6) is 11.5 Å². The van der Waals surface area contributed by atoms with Crippen molar-refractivity contribution in [3.05, 3.63) is 76.1 Å². The average molecular weight is 534 g/mol. The molecule has 0 aliphatic rings. The van der Waals surface area contributed by atoms with Crippen molar-refractivity contribution in [3.8, 4) is 17.6 Å². The van der Waals surface area contributed by atoms with Crippen LogP contribution in [0.2, 0.25) is 5.02 Å². The van der Waals surface area contributed by atoms with Crippen LogP contribution in [0, 0.1) is 11.3 Å². The minimum Gasteiger partial charge on any atom is -0.489 e. The third kappa shape index (κ3) is 6.23. The van der Waals surface area contributed by atoms with Crippen LogP contribution < -0.4 is 9.47 Å². The number of rotatable bonds is 9. The second-order valence-corrected chi connectivity index (χ2v) is 11.1. The molecular weight excluding hydrogens is 509 g/mol. The Morgan fingerprint density at radius 2 is 1.83 bits per heavy atom. The first kappa shape index (κ1) is 26.7. The predicted octanol–water partition coefficient (Wildman–Crippen LogP) is 5.49. The lowest BCUT2D eigenvalue weighted by Gasteiger charge is -2.27. The van der Waals surface area contributed by atoms with Crippen molar-refractivity contribution in [1.82, 2.24) is 9.97 Å². The van der Waals surface area contributed by atoms with E-state index in [-0.39, 0.29) is 17.6 Å². The molecule has 2 aromatic carbocycles. The van der Waals surface area contributed by atoms with Crippen LogP contribution >= 0.6 is 23.2 Å². The Labute approximate surface area is 215 Å². The van der Waals surface area contributed by atoms with Crippen LogP contribution in [0.1, 0.15) is 49.3 Å². The smallest absolute Gasteiger partial charge is 0.247 e. The third-order valence-electron chi connectivity index (χ3n) is 5.50. The Balaban J connectivity index is 1.83. The Morgan fingerprint density at radius 3 is 2.43 bits per heavy atom. The molecule has 0 N–H and O–H groups in total. The molecule has 7 nitrogen and oxygen atoms in total. The molecule has 0 amide bonds. The molecule has 1 aromatic heterocycles. The van der Waals surface area contributed by atoms with Gasteiger partial charge in [0.2, 0.25) is 15.0 Å². The first-order valence-electron chi connectivity index (χ1n) is 10.7. The Kier molecular flexibility index (Phi) is 8.26. The Bertz CT molecular complexity index is 1350. The predicted molar refractivity (Wildman–Crippen MR) is 135 cm³/mol. The first-order chi connectivity index (χ1) is 16.5. The summed E-state index contributed by atoms with van der Waals surface area (Å²) in [6.45, 7) is 6.10. The highest BCUT2D eigenvalue weighted by Gasteiger charge is 2.26. The first-order valence-corrected chi connectivity index (χ1v) is 13.5. The van der Waals surface area contributed by atoms with E-state index in [2.05, 4.69) is 16.0 Å². The van der Waals surface area contributed by atoms with E-state index < -0.39 is 21.4 Å². The van der Waals surface area contributed by atoms with E-state index in [0.717, 1.165) is 17.4 Å². The van der Waals surface area contributed by atoms with E-state index in [1.165, 1.54) is 6.20 Å². The fourth-order valence-corrected chi connectivity index (χ4v) is 4.34. The van der Waals surface area contributed by atoms with Crippen molar-refractivity contribution in [2.24, 2.45) is 0 Å². The molecular formula is C25H25Cl2N3O4S. The summed E-state index contributed by atoms with van der Waals surface area (Å²) in [4.78, 5) is 7.91. The van der Waals surface area contributed by atoms with Gasteiger partial charge in [-0.15, -0.1) is 11.6 Å². The molecule has 3 rings (SSSR count). The number of alkyl halides is 1. The molecule has 0 fully saturated rings. The second kappa shape index (κ2) is 10.8. The molecule has 10 heteroatoms. The van der Waals surface area contributed by atoms with Crippen molar-refractivity contribution in [2.45, 2.75) is 37.4 Å². The maximum absolute atomic E-state index is 11.7. The van der Waals surface area contributed by atoms with Crippen molar-refractivity contribution < 1.29 is 17.9 Å². The summed E-state index contributed by atoms with van der Waals surface area (Å²) in [7, 11) is -3.52. The van der Waals surface area contributed by atoms with Gasteiger partial charge in [0.25, 0.3) is 0 Å². The number of nitriles is 1. The van der Waals surface area contributed by atoms with Crippen LogP contribution in [-0.4, -0.2) is 37.1 Å². The highest BCUT2D eigenvalue weighted by Crippen LogP contribution is 2.38. The lowest BCUT2D eigenvalue weighted by molar-refractivity contribution is 0.220. The summed E-state index contributed by atoms with van der Waals surface area (Å²) in [5, 5.41) is 9.71. The number of nitrogens with zero attached hydrogens (tertiary/aromatic N) is 3. The summed E-state index contributed by atoms with van der Waals surface area (Å²) in [5.74, 6) is 1.21. The number of sulfone groups is 1. The van der Waals surface area contributed by atoms with Gasteiger partial charge in [0, 0.05) is 17.9 Å². The standard InChI is InChI=1S/C25H25Cl2N3O4S/c1-16(22-9-11-29-24(30-22)35(4,31)32)34-20-7-5-18(6-8-20)25(2,3)19-13-17(15-28)23(21(27)14-19)33-12-10-26/h5-9,11,13-14,16H,10,12H2,1-4H3. The van der Waals surface area contributed by atoms with Crippen molar-refractivity contribution in [2.75, 3.05) is 18.7 Å². The van der Waals surface area contributed by atoms with E-state index >= 15 is 0 Å². The van der Waals surface area contributed by atoms with Crippen molar-refractivity contribution in [1.29, 1.82) is 5.26 Å². The van der Waals surface area contributed by atoms with Gasteiger partial charge in [0.05, 0.1) is 22.2 Å². The Hall–Kier alpha value is -2.86. The molecule has 0 saturated heterocycles. The SMILES string of the molecule is CC(Oc1ccc(C(C)(C)c2cc(Cl)c(OCCCl)c(C#N)c2)cc1)c1ccnc(S(C)(=O)=O)n1. The van der Waals surface area contributed by atoms with Gasteiger partial charge in [0.15, 0.2) is 5.75 Å². The minimum atomic E-state index is -3.52. The molecule has 1 atom stereocenters. The molecule has 0 bridgehead atoms. The summed E-state index contributed by atoms with van der Waals surface area (Å²) in [6, 6.07) is 14.9. The normalized spacial score (nSPS) is 12.6. The zero-order chi connectivity index (χ0) is 25.8. The largest absolute Gasteiger partial charge is 0.489 e. The molecule has 1 unspecified atom stereocenters. The lowest BCUT2D eigenvalue weighted by Crippen LogP contribution is -2.19. The minimum absolute atomic E-state index is 0.239. The number of hydrogen-bond acceptors (Lipinski definition) is 7. The number of aromatic nitrogens is 2. The molecule has 0 spiro atoms. The van der Waals surface area contributed by atoms with Gasteiger partial charge < -0.3 is 9.47 Å². The maximum Gasteiger partial charge on any atom is 0.247 e. The fraction of sp³-hybridized carbons (Fsp3) is 0.320. The monoisotopic (exact) mass is 533 g/mol. The van der Waals surface area contributed by atoms with Crippen LogP contribution in [0.4, 0.5) is 0 Å². The van der Waals surface area contributed by atoms with Crippen molar-refractivity contribution in [3.63, 3.8) is 0 Å². The Morgan fingerprint density at radius 1 is 1.14 bits per heavy atom. The molecule has 0 aliphatic carbocycles. The summed E-state index contributed by atoms with van der Waals surface area (Å²) in [6.07, 6.45) is 1.97. The molecule has 184 valence electrons. The van der Waals surface area contributed by atoms with E-state index in [0.29, 0.717) is 27.8 Å². The topological polar surface area (TPSA) is 102 Å². The molecule has 0 aliphatic heterocycles. The fourth-order valence-electron chi connectivity index (χ4n) is 3.47. The van der Waals surface area contributed by atoms with E-state index in [9.17, 15) is 13.7 Å². The maximum atomic E-state index is 11.7. The van der Waals surface area contributed by atoms with Crippen LogP contribution in [0.25, 0.3) is 0 Å². The highest BCUT2D eigenvalue weighted by molar-refractivity contribution is 7.90. The van der Waals surface area contributed by atoms with Gasteiger partial charge in [-0.2, -0.15) is 5.26 Å². The van der Waals surface area contributed by atoms with Crippen molar-refractivity contribution >= 4 is 33.0 Å². The molecule has 0 radical (unpaired) electrons. The van der Waals surface area contributed by atoms with Crippen LogP contribution in [0.15, 0.2) is 53.8 Å². The molecule has 1 heterocycles. The molecule has 35 heavy (non-hydrogen) atoms. The zero-order valence-corrected chi connectivity index (χ0v) is 22.1. The van der Waals surface area contributed by atoms with E-state index in [1.807, 2.05) is 38.1 Å². The van der Waals surface area contributed by atoms with Gasteiger partial charge >= 0.3 is 0 Å². The molecule has 3 aromatic rings. The van der Waals surface area contributed by atoms with Gasteiger partial charge in [0.1, 0.15) is 24.5 Å². The third-order valence-corrected chi connectivity index (χ3v) is 6.80. The van der Waals surface area contributed by atoms with Gasteiger partial charge in [-0.25, -0.2) is 18.4 Å². The number of hydrogen-bond donors (Lipinski definition) is 0. The number of benzene rings is 2. The average Bonchev–Trinajstić information content (AvgIpc) is 2.82. The van der Waals surface area contributed by atoms with E-state index in [4.69, 9.17) is 32.7 Å². The van der Waals surface area contributed by atoms with Crippen LogP contribution in [-0.2, 0) is 15.3 Å². The number of halogens is 2. The quantitative estimate of drug-likeness (QED) is 0.264. The van der Waals surface area contributed by atoms with Gasteiger partial charge in [-0.1, -0.05) is 37.6 Å². The van der Waals surface area contributed by atoms with Crippen LogP contribution in [0.3, 0.4) is 0 Å². The summed E-state index contributed by atoms with van der Waals surface area (Å²) < 4.78 is 35.0. The lowest BCUT2D eigenvalue weighted by atomic mass is 9.77. The van der Waals surface area contributed by atoms with Gasteiger partial charge in [-0.3, -0.25) is 0 Å². The zero-order valence-electron chi connectivity index (χ0n) is 19.7. The second-order valence-electron chi connectivity index (χ2n) is 8.43. The molecule has 0 saturated carbocycles. The summed E-state index contributed by atoms with van der Waals surface area (Å²) in [5.41, 5.74) is 2.17. The van der Waals surface area contributed by atoms with E-state index in [1.54, 1.807) is 25.1 Å². The summed E-state index contributed by atoms with van der Waals surface area (Å²) >= 11 is 12.1. The highest BCUT2D eigenvalue weighted by atomic mass is 35.5. The van der Waals surface area contributed by atoms with Gasteiger partial charge in [-0.05, 0) is 48.4 Å².